The van der Waals surface area contributed by atoms with Gasteiger partial charge in [0.2, 0.25) is 0 Å². The Morgan fingerprint density at radius 1 is 0.940 bits per heavy atom. The molecule has 8 nitrogen and oxygen atoms in total. The van der Waals surface area contributed by atoms with Gasteiger partial charge in [-0.3, -0.25) is 9.59 Å². The molecule has 1 aliphatic carbocycles. The summed E-state index contributed by atoms with van der Waals surface area (Å²) in [5, 5.41) is 10.8. The van der Waals surface area contributed by atoms with Gasteiger partial charge in [0.1, 0.15) is 5.69 Å². The van der Waals surface area contributed by atoms with E-state index in [0.717, 1.165) is 47.4 Å². The van der Waals surface area contributed by atoms with Crippen molar-refractivity contribution < 1.29 is 14.0 Å². The number of hydrogen-bond donors (Lipinski definition) is 3. The van der Waals surface area contributed by atoms with Crippen LogP contribution >= 0.6 is 22.9 Å². The third-order valence-corrected chi connectivity index (χ3v) is 16.5. The number of nitrogens with zero attached hydrogens (tertiary/aromatic N) is 2. The normalized spacial score (nSPS) is 20.0. The summed E-state index contributed by atoms with van der Waals surface area (Å²) in [5.74, 6) is -0.427. The van der Waals surface area contributed by atoms with Crippen molar-refractivity contribution in [1.82, 2.24) is 25.5 Å². The molecule has 2 aliphatic rings. The number of carbonyl (C=O) groups is 2. The number of benzene rings is 3. The van der Waals surface area contributed by atoms with Gasteiger partial charge >= 0.3 is 0 Å². The average molecular weight is 726 g/mol. The zero-order chi connectivity index (χ0) is 35.0. The van der Waals surface area contributed by atoms with E-state index < -0.39 is 8.32 Å². The number of halogens is 1. The largest absolute Gasteiger partial charge is 0.404 e. The van der Waals surface area contributed by atoms with Gasteiger partial charge in [0, 0.05) is 52.5 Å². The Morgan fingerprint density at radius 2 is 1.62 bits per heavy atom. The Labute approximate surface area is 303 Å². The number of amides is 2. The number of carbonyl (C=O) groups excluding carboxylic acids is 2. The zero-order valence-corrected chi connectivity index (χ0v) is 31.5. The fraction of sp³-hybridized carbons (Fsp3) is 0.359. The summed E-state index contributed by atoms with van der Waals surface area (Å²) in [6, 6.07) is 27.9. The number of nitrogens with one attached hydrogen (secondary N) is 3. The van der Waals surface area contributed by atoms with E-state index in [0.29, 0.717) is 28.6 Å². The molecule has 3 heterocycles. The van der Waals surface area contributed by atoms with Crippen LogP contribution in [0.1, 0.15) is 70.9 Å². The van der Waals surface area contributed by atoms with E-state index in [4.69, 9.17) is 21.0 Å². The topological polar surface area (TPSA) is 99.3 Å². The lowest BCUT2D eigenvalue weighted by atomic mass is 9.88. The third kappa shape index (κ3) is 6.92. The lowest BCUT2D eigenvalue weighted by molar-refractivity contribution is 0.0746. The molecule has 3 atom stereocenters. The minimum Gasteiger partial charge on any atom is -0.404 e. The van der Waals surface area contributed by atoms with Crippen molar-refractivity contribution in [1.29, 1.82) is 0 Å². The van der Waals surface area contributed by atoms with Crippen LogP contribution in [0.15, 0.2) is 84.9 Å². The second kappa shape index (κ2) is 14.1. The molecule has 5 aromatic rings. The highest BCUT2D eigenvalue weighted by Gasteiger charge is 2.52. The minimum absolute atomic E-state index is 0.149. The Balaban J connectivity index is 1.19. The van der Waals surface area contributed by atoms with Gasteiger partial charge in [-0.1, -0.05) is 93.0 Å². The third-order valence-electron chi connectivity index (χ3n) is 10.1. The molecule has 2 aromatic heterocycles. The van der Waals surface area contributed by atoms with Gasteiger partial charge in [0.05, 0.1) is 11.7 Å². The molecule has 260 valence electrons. The van der Waals surface area contributed by atoms with Crippen molar-refractivity contribution in [3.8, 4) is 0 Å². The maximum Gasteiger partial charge on any atom is 0.280 e. The standard InChI is InChI=1S/C39H44ClN5O3SSi/c1-39(2,3)50(28-11-7-5-8-12-28,29-13-9-6-10-14-29)48-27-16-18-31(42-37(47)38-44-32-19-20-45(4)24-35(32)49-38)33(23-27)43-36(46)34-22-25-21-26(40)15-17-30(25)41-34/h5-15,17,21-22,27,31,33,41H,16,18-20,23-24H2,1-4H3,(H,42,47)(H,43,46). The predicted molar refractivity (Wildman–Crippen MR) is 204 cm³/mol. The van der Waals surface area contributed by atoms with E-state index in [1.807, 2.05) is 30.3 Å². The molecule has 0 saturated heterocycles. The van der Waals surface area contributed by atoms with Gasteiger partial charge < -0.3 is 24.9 Å². The van der Waals surface area contributed by atoms with Gasteiger partial charge in [-0.2, -0.15) is 0 Å². The molecule has 7 rings (SSSR count). The van der Waals surface area contributed by atoms with Crippen LogP contribution in [0.5, 0.6) is 0 Å². The van der Waals surface area contributed by atoms with E-state index in [9.17, 15) is 9.59 Å². The maximum atomic E-state index is 13.9. The molecule has 3 unspecified atom stereocenters. The molecule has 3 N–H and O–H groups in total. The Hall–Kier alpha value is -3.80. The summed E-state index contributed by atoms with van der Waals surface area (Å²) in [6.07, 6.45) is 2.63. The molecule has 1 saturated carbocycles. The molecular formula is C39H44ClN5O3SSi. The van der Waals surface area contributed by atoms with Crippen LogP contribution in [0.2, 0.25) is 10.1 Å². The molecule has 2 amide bonds. The van der Waals surface area contributed by atoms with Crippen LogP contribution < -0.4 is 21.0 Å². The molecule has 1 aliphatic heterocycles. The molecule has 3 aromatic carbocycles. The number of likely N-dealkylation sites (N-methyl/N-ethyl adjacent to an activating group) is 1. The van der Waals surface area contributed by atoms with Gasteiger partial charge in [-0.05, 0) is 66.0 Å². The minimum atomic E-state index is -2.85. The molecule has 0 bridgehead atoms. The summed E-state index contributed by atoms with van der Waals surface area (Å²) in [7, 11) is -0.759. The lowest BCUT2D eigenvalue weighted by Gasteiger charge is -2.47. The first kappa shape index (κ1) is 34.6. The number of rotatable bonds is 8. The molecule has 1 fully saturated rings. The second-order valence-corrected chi connectivity index (χ2v) is 20.4. The van der Waals surface area contributed by atoms with E-state index in [1.54, 1.807) is 6.07 Å². The Morgan fingerprint density at radius 3 is 2.30 bits per heavy atom. The van der Waals surface area contributed by atoms with E-state index in [2.05, 4.69) is 96.9 Å². The first-order valence-corrected chi connectivity index (χ1v) is 20.5. The van der Waals surface area contributed by atoms with Gasteiger partial charge in [0.15, 0.2) is 5.01 Å². The second-order valence-electron chi connectivity index (χ2n) is 14.7. The highest BCUT2D eigenvalue weighted by Crippen LogP contribution is 2.39. The molecule has 0 radical (unpaired) electrons. The van der Waals surface area contributed by atoms with Gasteiger partial charge in [0.25, 0.3) is 20.1 Å². The monoisotopic (exact) mass is 725 g/mol. The van der Waals surface area contributed by atoms with Crippen molar-refractivity contribution in [3.05, 3.63) is 111 Å². The van der Waals surface area contributed by atoms with Crippen LogP contribution in [0.3, 0.4) is 0 Å². The molecule has 0 spiro atoms. The Kier molecular flexibility index (Phi) is 9.75. The van der Waals surface area contributed by atoms with Crippen molar-refractivity contribution >= 4 is 64.3 Å². The van der Waals surface area contributed by atoms with Gasteiger partial charge in [-0.25, -0.2) is 4.98 Å². The number of aromatic amines is 1. The highest BCUT2D eigenvalue weighted by molar-refractivity contribution is 7.13. The van der Waals surface area contributed by atoms with Crippen LogP contribution in [-0.4, -0.2) is 66.8 Å². The zero-order valence-electron chi connectivity index (χ0n) is 29.0. The van der Waals surface area contributed by atoms with Crippen LogP contribution in [0, 0.1) is 0 Å². The van der Waals surface area contributed by atoms with Crippen LogP contribution in [0.4, 0.5) is 0 Å². The molecular weight excluding hydrogens is 682 g/mol. The SMILES string of the molecule is CN1CCc2nc(C(=O)NC3CCC(O[Si](c4ccccc4)(c4ccccc4)C(C)(C)C)CC3NC(=O)c3cc4cc(Cl)ccc4[nH]3)sc2C1. The predicted octanol–water partition coefficient (Wildman–Crippen LogP) is 6.29. The maximum absolute atomic E-state index is 13.9. The number of H-pyrrole nitrogens is 1. The first-order valence-electron chi connectivity index (χ1n) is 17.4. The van der Waals surface area contributed by atoms with Crippen molar-refractivity contribution in [2.24, 2.45) is 0 Å². The van der Waals surface area contributed by atoms with Crippen molar-refractivity contribution in [3.63, 3.8) is 0 Å². The smallest absolute Gasteiger partial charge is 0.280 e. The van der Waals surface area contributed by atoms with Gasteiger partial charge in [-0.15, -0.1) is 11.3 Å². The summed E-state index contributed by atoms with van der Waals surface area (Å²) >= 11 is 7.71. The average Bonchev–Trinajstić information content (AvgIpc) is 3.72. The molecule has 11 heteroatoms. The van der Waals surface area contributed by atoms with E-state index in [-0.39, 0.29) is 35.0 Å². The summed E-state index contributed by atoms with van der Waals surface area (Å²) in [5.41, 5.74) is 2.29. The number of thiazole rings is 1. The summed E-state index contributed by atoms with van der Waals surface area (Å²) in [4.78, 5) is 39.0. The van der Waals surface area contributed by atoms with Crippen molar-refractivity contribution in [2.75, 3.05) is 13.6 Å². The Bertz CT molecular complexity index is 1950. The van der Waals surface area contributed by atoms with Crippen molar-refractivity contribution in [2.45, 2.75) is 76.2 Å². The fourth-order valence-electron chi connectivity index (χ4n) is 7.63. The number of hydrogen-bond acceptors (Lipinski definition) is 6. The summed E-state index contributed by atoms with van der Waals surface area (Å²) in [6.45, 7) is 8.56. The number of fused-ring (bicyclic) bond motifs is 2. The first-order chi connectivity index (χ1) is 24.0. The molecule has 50 heavy (non-hydrogen) atoms. The fourth-order valence-corrected chi connectivity index (χ4v) is 13.6. The van der Waals surface area contributed by atoms with E-state index >= 15 is 0 Å². The highest BCUT2D eigenvalue weighted by atomic mass is 35.5. The van der Waals surface area contributed by atoms with Crippen LogP contribution in [0.25, 0.3) is 10.9 Å². The number of aromatic nitrogens is 2. The van der Waals surface area contributed by atoms with Crippen LogP contribution in [-0.2, 0) is 17.4 Å². The quantitative estimate of drug-likeness (QED) is 0.163. The lowest BCUT2D eigenvalue weighted by Crippen LogP contribution is -2.68. The van der Waals surface area contributed by atoms with E-state index in [1.165, 1.54) is 21.7 Å². The summed E-state index contributed by atoms with van der Waals surface area (Å²) < 4.78 is 7.53.